The lowest BCUT2D eigenvalue weighted by Crippen LogP contribution is -2.47. The van der Waals surface area contributed by atoms with Crippen LogP contribution in [-0.2, 0) is 24.1 Å². The van der Waals surface area contributed by atoms with E-state index in [-0.39, 0.29) is 18.5 Å². The maximum absolute atomic E-state index is 12.8. The Balaban J connectivity index is 1.81. The van der Waals surface area contributed by atoms with Gasteiger partial charge < -0.3 is 14.8 Å². The van der Waals surface area contributed by atoms with E-state index < -0.39 is 62.0 Å². The average molecular weight is 478 g/mol. The number of nitrogens with zero attached hydrogens (tertiary/aromatic N) is 1. The van der Waals surface area contributed by atoms with Crippen molar-refractivity contribution in [1.29, 1.82) is 0 Å². The number of anilines is 1. The largest absolute Gasteiger partial charge is 0.501 e. The Hall–Kier alpha value is -2.83. The zero-order chi connectivity index (χ0) is 24.1. The van der Waals surface area contributed by atoms with E-state index in [1.807, 2.05) is 0 Å². The molecule has 1 saturated heterocycles. The zero-order valence-electron chi connectivity index (χ0n) is 17.3. The van der Waals surface area contributed by atoms with E-state index in [9.17, 15) is 36.0 Å². The van der Waals surface area contributed by atoms with Crippen LogP contribution in [0.15, 0.2) is 29.2 Å². The molecule has 13 heteroatoms. The molecule has 3 atom stereocenters. The van der Waals surface area contributed by atoms with Crippen molar-refractivity contribution in [3.63, 3.8) is 0 Å². The lowest BCUT2D eigenvalue weighted by atomic mass is 10.0. The van der Waals surface area contributed by atoms with Crippen LogP contribution in [0.5, 0.6) is 0 Å². The Morgan fingerprint density at radius 2 is 1.84 bits per heavy atom. The van der Waals surface area contributed by atoms with Crippen molar-refractivity contribution in [3.05, 3.63) is 24.3 Å². The number of rotatable bonds is 3. The number of hydrogen-bond donors (Lipinski definition) is 1. The number of benzene rings is 1. The highest BCUT2D eigenvalue weighted by atomic mass is 32.2. The zero-order valence-corrected chi connectivity index (χ0v) is 18.1. The maximum Gasteiger partial charge on any atom is 0.501 e. The van der Waals surface area contributed by atoms with Crippen LogP contribution < -0.4 is 5.32 Å². The third-order valence-electron chi connectivity index (χ3n) is 4.95. The second-order valence-electron chi connectivity index (χ2n) is 8.41. The molecule has 2 aliphatic rings. The number of halogens is 3. The Morgan fingerprint density at radius 1 is 1.19 bits per heavy atom. The molecule has 1 N–H and O–H groups in total. The molecule has 2 fully saturated rings. The van der Waals surface area contributed by atoms with E-state index in [1.165, 1.54) is 6.07 Å². The summed E-state index contributed by atoms with van der Waals surface area (Å²) in [4.78, 5) is 37.2. The fourth-order valence-corrected chi connectivity index (χ4v) is 4.44. The second kappa shape index (κ2) is 7.94. The van der Waals surface area contributed by atoms with Gasteiger partial charge in [0.1, 0.15) is 11.7 Å². The van der Waals surface area contributed by atoms with Gasteiger partial charge in [-0.2, -0.15) is 13.2 Å². The summed E-state index contributed by atoms with van der Waals surface area (Å²) in [5.41, 5.74) is -6.59. The van der Waals surface area contributed by atoms with Crippen molar-refractivity contribution in [3.8, 4) is 0 Å². The smallest absolute Gasteiger partial charge is 0.443 e. The predicted octanol–water partition coefficient (Wildman–Crippen LogP) is 3.45. The lowest BCUT2D eigenvalue weighted by molar-refractivity contribution is -0.120. The second-order valence-corrected chi connectivity index (χ2v) is 10.4. The number of fused-ring (bicyclic) bond motifs is 1. The van der Waals surface area contributed by atoms with Gasteiger partial charge in [-0.25, -0.2) is 22.9 Å². The van der Waals surface area contributed by atoms with E-state index >= 15 is 0 Å². The van der Waals surface area contributed by atoms with E-state index in [2.05, 4.69) is 5.32 Å². The molecule has 1 aromatic rings. The van der Waals surface area contributed by atoms with Crippen LogP contribution in [0.3, 0.4) is 0 Å². The molecule has 0 aromatic heterocycles. The van der Waals surface area contributed by atoms with Gasteiger partial charge in [0.25, 0.3) is 9.84 Å². The monoisotopic (exact) mass is 478 g/mol. The quantitative estimate of drug-likeness (QED) is 0.707. The molecule has 1 heterocycles. The summed E-state index contributed by atoms with van der Waals surface area (Å²) >= 11 is 0. The number of carbonyl (C=O) groups excluding carboxylic acids is 3. The standard InChI is InChI=1S/C19H21F3N2O7S/c1-18(2,3)31-17(27)24-14-12(7-8-13(14)30-16(24)26)15(25)23-10-5-4-6-11(9-10)32(28,29)19(20,21)22/h4-6,9,12-14H,7-8H2,1-3H3,(H,23,25)/t12?,13-,14+/m1/s1. The fourth-order valence-electron chi connectivity index (χ4n) is 3.63. The molecule has 0 bridgehead atoms. The molecule has 176 valence electrons. The number of sulfone groups is 1. The van der Waals surface area contributed by atoms with Gasteiger partial charge in [0, 0.05) is 5.69 Å². The van der Waals surface area contributed by atoms with Crippen LogP contribution in [0, 0.1) is 5.92 Å². The molecule has 1 saturated carbocycles. The Labute approximate surface area is 181 Å². The minimum absolute atomic E-state index is 0.183. The topological polar surface area (TPSA) is 119 Å². The maximum atomic E-state index is 12.8. The number of ether oxygens (including phenoxy) is 2. The highest BCUT2D eigenvalue weighted by Gasteiger charge is 2.56. The molecule has 0 spiro atoms. The first-order chi connectivity index (χ1) is 14.6. The number of imide groups is 1. The van der Waals surface area contributed by atoms with Crippen molar-refractivity contribution in [2.24, 2.45) is 5.92 Å². The SMILES string of the molecule is CC(C)(C)OC(=O)N1C(=O)O[C@@H]2CCC(C(=O)Nc3cccc(S(=O)(=O)C(F)(F)F)c3)[C@@H]21. The molecule has 32 heavy (non-hydrogen) atoms. The predicted molar refractivity (Wildman–Crippen MR) is 103 cm³/mol. The van der Waals surface area contributed by atoms with Crippen molar-refractivity contribution in [2.75, 3.05) is 5.32 Å². The van der Waals surface area contributed by atoms with Gasteiger partial charge >= 0.3 is 17.7 Å². The number of carbonyl (C=O) groups is 3. The summed E-state index contributed by atoms with van der Waals surface area (Å²) in [6.07, 6.45) is -2.15. The summed E-state index contributed by atoms with van der Waals surface area (Å²) in [6, 6.07) is 2.77. The van der Waals surface area contributed by atoms with E-state index in [4.69, 9.17) is 9.47 Å². The number of nitrogens with one attached hydrogen (secondary N) is 1. The molecular formula is C19H21F3N2O7S. The highest BCUT2D eigenvalue weighted by Crippen LogP contribution is 2.39. The van der Waals surface area contributed by atoms with Gasteiger partial charge in [0.15, 0.2) is 0 Å². The van der Waals surface area contributed by atoms with Crippen LogP contribution in [0.1, 0.15) is 33.6 Å². The van der Waals surface area contributed by atoms with Crippen LogP contribution in [-0.4, -0.2) is 54.7 Å². The first-order valence-electron chi connectivity index (χ1n) is 9.57. The molecule has 0 radical (unpaired) electrons. The van der Waals surface area contributed by atoms with Gasteiger partial charge in [-0.3, -0.25) is 4.79 Å². The van der Waals surface area contributed by atoms with E-state index in [0.717, 1.165) is 17.0 Å². The average Bonchev–Trinajstić information content (AvgIpc) is 3.16. The molecule has 1 aromatic carbocycles. The molecular weight excluding hydrogens is 457 g/mol. The van der Waals surface area contributed by atoms with E-state index in [1.54, 1.807) is 20.8 Å². The number of alkyl halides is 3. The van der Waals surface area contributed by atoms with Crippen molar-refractivity contribution >= 4 is 33.6 Å². The summed E-state index contributed by atoms with van der Waals surface area (Å²) in [7, 11) is -5.60. The van der Waals surface area contributed by atoms with Gasteiger partial charge in [0.05, 0.1) is 16.9 Å². The summed E-state index contributed by atoms with van der Waals surface area (Å²) in [5, 5.41) is 2.37. The van der Waals surface area contributed by atoms with Crippen LogP contribution in [0.4, 0.5) is 28.4 Å². The first kappa shape index (κ1) is 23.8. The minimum atomic E-state index is -5.60. The molecule has 1 unspecified atom stereocenters. The minimum Gasteiger partial charge on any atom is -0.443 e. The lowest BCUT2D eigenvalue weighted by Gasteiger charge is -2.27. The Kier molecular flexibility index (Phi) is 5.91. The Morgan fingerprint density at radius 3 is 2.44 bits per heavy atom. The summed E-state index contributed by atoms with van der Waals surface area (Å²) < 4.78 is 72.0. The molecule has 1 aliphatic heterocycles. The normalized spacial score (nSPS) is 23.5. The van der Waals surface area contributed by atoms with Gasteiger partial charge in [-0.15, -0.1) is 0 Å². The first-order valence-corrected chi connectivity index (χ1v) is 11.1. The molecule has 1 aliphatic carbocycles. The van der Waals surface area contributed by atoms with Crippen molar-refractivity contribution in [2.45, 2.75) is 61.8 Å². The third kappa shape index (κ3) is 4.52. The van der Waals surface area contributed by atoms with Crippen LogP contribution in [0.25, 0.3) is 0 Å². The fraction of sp³-hybridized carbons (Fsp3) is 0.526. The summed E-state index contributed by atoms with van der Waals surface area (Å²) in [5.74, 6) is -1.63. The highest BCUT2D eigenvalue weighted by molar-refractivity contribution is 7.92. The Bertz CT molecular complexity index is 1050. The third-order valence-corrected chi connectivity index (χ3v) is 6.43. The summed E-state index contributed by atoms with van der Waals surface area (Å²) in [6.45, 7) is 4.81. The molecule has 9 nitrogen and oxygen atoms in total. The van der Waals surface area contributed by atoms with Gasteiger partial charge in [-0.05, 0) is 51.8 Å². The van der Waals surface area contributed by atoms with Crippen molar-refractivity contribution in [1.82, 2.24) is 4.90 Å². The number of hydrogen-bond acceptors (Lipinski definition) is 7. The molecule has 3 rings (SSSR count). The van der Waals surface area contributed by atoms with Crippen LogP contribution >= 0.6 is 0 Å². The van der Waals surface area contributed by atoms with Gasteiger partial charge in [-0.1, -0.05) is 6.07 Å². The molecule has 3 amide bonds. The number of amides is 3. The van der Waals surface area contributed by atoms with E-state index in [0.29, 0.717) is 6.07 Å². The van der Waals surface area contributed by atoms with Crippen LogP contribution in [0.2, 0.25) is 0 Å². The van der Waals surface area contributed by atoms with Crippen molar-refractivity contribution < 1.29 is 45.4 Å². The van der Waals surface area contributed by atoms with Gasteiger partial charge in [0.2, 0.25) is 5.91 Å².